The molecule has 6 heteroatoms. The third kappa shape index (κ3) is 8.87. The minimum atomic E-state index is -0.512. The second-order valence-corrected chi connectivity index (χ2v) is 6.14. The summed E-state index contributed by atoms with van der Waals surface area (Å²) in [5, 5.41) is 2.93. The standard InChI is InChI=1S/C14H28N2O4/c1-6-19-12(18)9-7-8-11(17)16-13(2,3)10-14(4,5)20-15/h6-10,15H2,1-5H3,(H,16,17). The fraction of sp³-hybridized carbons (Fsp3) is 0.857. The van der Waals surface area contributed by atoms with Gasteiger partial charge in [-0.2, -0.15) is 0 Å². The van der Waals surface area contributed by atoms with Gasteiger partial charge in [0.1, 0.15) is 0 Å². The Morgan fingerprint density at radius 3 is 2.25 bits per heavy atom. The molecular weight excluding hydrogens is 260 g/mol. The van der Waals surface area contributed by atoms with E-state index in [1.165, 1.54) is 0 Å². The predicted molar refractivity (Wildman–Crippen MR) is 76.7 cm³/mol. The van der Waals surface area contributed by atoms with Gasteiger partial charge in [-0.05, 0) is 41.0 Å². The first kappa shape index (κ1) is 18.9. The third-order valence-electron chi connectivity index (χ3n) is 2.75. The number of nitrogens with two attached hydrogens (primary N) is 1. The van der Waals surface area contributed by atoms with Crippen molar-refractivity contribution in [2.45, 2.75) is 71.4 Å². The highest BCUT2D eigenvalue weighted by Gasteiger charge is 2.30. The number of ether oxygens (including phenoxy) is 1. The van der Waals surface area contributed by atoms with Gasteiger partial charge in [-0.15, -0.1) is 0 Å². The van der Waals surface area contributed by atoms with Gasteiger partial charge in [0, 0.05) is 24.8 Å². The van der Waals surface area contributed by atoms with Crippen molar-refractivity contribution in [3.05, 3.63) is 0 Å². The monoisotopic (exact) mass is 288 g/mol. The largest absolute Gasteiger partial charge is 0.466 e. The van der Waals surface area contributed by atoms with E-state index in [4.69, 9.17) is 15.5 Å². The first-order valence-corrected chi connectivity index (χ1v) is 6.96. The molecule has 0 aromatic rings. The molecule has 118 valence electrons. The van der Waals surface area contributed by atoms with Gasteiger partial charge < -0.3 is 10.1 Å². The summed E-state index contributed by atoms with van der Waals surface area (Å²) in [6, 6.07) is 0. The van der Waals surface area contributed by atoms with Crippen LogP contribution in [0.5, 0.6) is 0 Å². The molecule has 0 fully saturated rings. The van der Waals surface area contributed by atoms with Crippen LogP contribution in [-0.4, -0.2) is 29.6 Å². The van der Waals surface area contributed by atoms with Gasteiger partial charge in [0.15, 0.2) is 0 Å². The minimum Gasteiger partial charge on any atom is -0.466 e. The van der Waals surface area contributed by atoms with Gasteiger partial charge in [0.25, 0.3) is 0 Å². The molecule has 1 amide bonds. The summed E-state index contributed by atoms with van der Waals surface area (Å²) in [6.45, 7) is 9.68. The van der Waals surface area contributed by atoms with Crippen LogP contribution in [0.3, 0.4) is 0 Å². The minimum absolute atomic E-state index is 0.0906. The zero-order valence-electron chi connectivity index (χ0n) is 13.2. The lowest BCUT2D eigenvalue weighted by atomic mass is 9.89. The second kappa shape index (κ2) is 8.21. The van der Waals surface area contributed by atoms with E-state index in [9.17, 15) is 9.59 Å². The van der Waals surface area contributed by atoms with E-state index in [0.29, 0.717) is 25.9 Å². The number of hydrogen-bond acceptors (Lipinski definition) is 5. The summed E-state index contributed by atoms with van der Waals surface area (Å²) >= 11 is 0. The summed E-state index contributed by atoms with van der Waals surface area (Å²) in [6.07, 6.45) is 1.63. The maximum absolute atomic E-state index is 11.8. The zero-order valence-corrected chi connectivity index (χ0v) is 13.2. The maximum Gasteiger partial charge on any atom is 0.305 e. The molecule has 0 aromatic heterocycles. The Labute approximate surface area is 121 Å². The molecular formula is C14H28N2O4. The van der Waals surface area contributed by atoms with Crippen LogP contribution in [0.2, 0.25) is 0 Å². The van der Waals surface area contributed by atoms with Crippen LogP contribution in [0.25, 0.3) is 0 Å². The molecule has 20 heavy (non-hydrogen) atoms. The number of hydrogen-bond donors (Lipinski definition) is 2. The highest BCUT2D eigenvalue weighted by molar-refractivity contribution is 5.77. The highest BCUT2D eigenvalue weighted by Crippen LogP contribution is 2.22. The van der Waals surface area contributed by atoms with E-state index in [1.54, 1.807) is 6.92 Å². The van der Waals surface area contributed by atoms with Crippen molar-refractivity contribution in [3.8, 4) is 0 Å². The topological polar surface area (TPSA) is 90.7 Å². The summed E-state index contributed by atoms with van der Waals surface area (Å²) in [4.78, 5) is 27.9. The lowest BCUT2D eigenvalue weighted by Gasteiger charge is -2.34. The van der Waals surface area contributed by atoms with Crippen LogP contribution in [0.4, 0.5) is 0 Å². The van der Waals surface area contributed by atoms with Crippen molar-refractivity contribution in [1.82, 2.24) is 5.32 Å². The smallest absolute Gasteiger partial charge is 0.305 e. The molecule has 0 heterocycles. The fourth-order valence-corrected chi connectivity index (χ4v) is 2.22. The quantitative estimate of drug-likeness (QED) is 0.497. The highest BCUT2D eigenvalue weighted by atomic mass is 16.6. The molecule has 0 aliphatic rings. The molecule has 0 rings (SSSR count). The number of rotatable bonds is 9. The van der Waals surface area contributed by atoms with Crippen LogP contribution in [0.1, 0.15) is 60.3 Å². The average Bonchev–Trinajstić information content (AvgIpc) is 2.27. The number of carbonyl (C=O) groups is 2. The molecule has 0 aliphatic carbocycles. The van der Waals surface area contributed by atoms with Gasteiger partial charge in [-0.3, -0.25) is 14.4 Å². The second-order valence-electron chi connectivity index (χ2n) is 6.14. The summed E-state index contributed by atoms with van der Waals surface area (Å²) in [7, 11) is 0. The Morgan fingerprint density at radius 2 is 1.75 bits per heavy atom. The molecule has 0 aliphatic heterocycles. The van der Waals surface area contributed by atoms with Crippen molar-refractivity contribution >= 4 is 11.9 Å². The van der Waals surface area contributed by atoms with Crippen LogP contribution in [0, 0.1) is 0 Å². The fourth-order valence-electron chi connectivity index (χ4n) is 2.22. The summed E-state index contributed by atoms with van der Waals surface area (Å²) < 4.78 is 4.80. The van der Waals surface area contributed by atoms with E-state index >= 15 is 0 Å². The number of amides is 1. The molecule has 0 unspecified atom stereocenters. The first-order chi connectivity index (χ1) is 9.12. The van der Waals surface area contributed by atoms with Gasteiger partial charge in [-0.1, -0.05) is 0 Å². The molecule has 0 spiro atoms. The summed E-state index contributed by atoms with van der Waals surface area (Å²) in [5.41, 5.74) is -0.939. The van der Waals surface area contributed by atoms with Gasteiger partial charge in [0.2, 0.25) is 5.91 Å². The predicted octanol–water partition coefficient (Wildman–Crippen LogP) is 1.67. The molecule has 0 aromatic carbocycles. The van der Waals surface area contributed by atoms with E-state index in [1.807, 2.05) is 27.7 Å². The van der Waals surface area contributed by atoms with Crippen molar-refractivity contribution in [3.63, 3.8) is 0 Å². The molecule has 0 atom stereocenters. The van der Waals surface area contributed by atoms with E-state index in [-0.39, 0.29) is 18.3 Å². The number of nitrogens with one attached hydrogen (secondary N) is 1. The van der Waals surface area contributed by atoms with Crippen LogP contribution in [0.15, 0.2) is 0 Å². The van der Waals surface area contributed by atoms with Gasteiger partial charge in [-0.25, -0.2) is 5.90 Å². The third-order valence-corrected chi connectivity index (χ3v) is 2.75. The maximum atomic E-state index is 11.8. The van der Waals surface area contributed by atoms with Crippen LogP contribution >= 0.6 is 0 Å². The summed E-state index contributed by atoms with van der Waals surface area (Å²) in [5.74, 6) is 4.87. The molecule has 0 saturated heterocycles. The Balaban J connectivity index is 4.09. The molecule has 6 nitrogen and oxygen atoms in total. The normalized spacial score (nSPS) is 12.1. The van der Waals surface area contributed by atoms with Crippen molar-refractivity contribution in [2.24, 2.45) is 5.90 Å². The van der Waals surface area contributed by atoms with Gasteiger partial charge in [0.05, 0.1) is 12.2 Å². The Bertz CT molecular complexity index is 327. The Kier molecular flexibility index (Phi) is 7.75. The SMILES string of the molecule is CCOC(=O)CCCC(=O)NC(C)(C)CC(C)(C)ON. The van der Waals surface area contributed by atoms with E-state index in [2.05, 4.69) is 5.32 Å². The van der Waals surface area contributed by atoms with Crippen molar-refractivity contribution < 1.29 is 19.2 Å². The Morgan fingerprint density at radius 1 is 1.15 bits per heavy atom. The van der Waals surface area contributed by atoms with Crippen molar-refractivity contribution in [1.29, 1.82) is 0 Å². The van der Waals surface area contributed by atoms with E-state index < -0.39 is 11.1 Å². The zero-order chi connectivity index (χ0) is 15.8. The molecule has 0 saturated carbocycles. The lowest BCUT2D eigenvalue weighted by molar-refractivity contribution is -0.143. The average molecular weight is 288 g/mol. The van der Waals surface area contributed by atoms with Gasteiger partial charge >= 0.3 is 5.97 Å². The first-order valence-electron chi connectivity index (χ1n) is 6.96. The molecule has 0 bridgehead atoms. The molecule has 0 radical (unpaired) electrons. The van der Waals surface area contributed by atoms with Crippen molar-refractivity contribution in [2.75, 3.05) is 6.61 Å². The Hall–Kier alpha value is -1.14. The number of esters is 1. The lowest BCUT2D eigenvalue weighted by Crippen LogP contribution is -2.49. The number of carbonyl (C=O) groups excluding carboxylic acids is 2. The van der Waals surface area contributed by atoms with Crippen LogP contribution < -0.4 is 11.2 Å². The van der Waals surface area contributed by atoms with E-state index in [0.717, 1.165) is 0 Å². The molecule has 3 N–H and O–H groups in total. The van der Waals surface area contributed by atoms with Crippen LogP contribution in [-0.2, 0) is 19.2 Å².